The van der Waals surface area contributed by atoms with Gasteiger partial charge in [-0.25, -0.2) is 0 Å². The number of nitrogens with zero attached hydrogens (tertiary/aromatic N) is 2. The van der Waals surface area contributed by atoms with Crippen LogP contribution in [0.4, 0.5) is 0 Å². The predicted octanol–water partition coefficient (Wildman–Crippen LogP) is 4.37. The van der Waals surface area contributed by atoms with Crippen molar-refractivity contribution in [1.29, 1.82) is 0 Å². The number of benzene rings is 2. The number of hydrogen-bond donors (Lipinski definition) is 0. The van der Waals surface area contributed by atoms with Crippen molar-refractivity contribution in [2.45, 2.75) is 50.6 Å². The van der Waals surface area contributed by atoms with E-state index in [1.165, 1.54) is 69.4 Å². The Labute approximate surface area is 187 Å². The van der Waals surface area contributed by atoms with Crippen LogP contribution in [0.25, 0.3) is 0 Å². The molecule has 0 radical (unpaired) electrons. The minimum Gasteiger partial charge on any atom is -0.412 e. The summed E-state index contributed by atoms with van der Waals surface area (Å²) in [6.45, 7) is 7.22. The first-order valence-corrected chi connectivity index (χ1v) is 10.4. The first-order chi connectivity index (χ1) is 12.8. The summed E-state index contributed by atoms with van der Waals surface area (Å²) in [5, 5.41) is 0. The molecule has 0 aliphatic carbocycles. The Morgan fingerprint density at radius 1 is 0.862 bits per heavy atom. The van der Waals surface area contributed by atoms with Crippen molar-refractivity contribution in [3.05, 3.63) is 70.8 Å². The Kier molecular flexibility index (Phi) is 8.17. The molecule has 2 saturated heterocycles. The quantitative estimate of drug-likeness (QED) is 0.700. The number of rotatable bonds is 2. The predicted molar refractivity (Wildman–Crippen MR) is 126 cm³/mol. The second kappa shape index (κ2) is 9.80. The van der Waals surface area contributed by atoms with Crippen LogP contribution >= 0.6 is 24.8 Å². The van der Waals surface area contributed by atoms with Crippen LogP contribution in [0.5, 0.6) is 0 Å². The van der Waals surface area contributed by atoms with Gasteiger partial charge in [-0.15, -0.1) is 24.8 Å². The summed E-state index contributed by atoms with van der Waals surface area (Å²) in [6.07, 6.45) is 6.53. The number of fused-ring (bicyclic) bond motifs is 3. The molecule has 0 spiro atoms. The molecule has 0 aromatic heterocycles. The fourth-order valence-corrected chi connectivity index (χ4v) is 5.75. The minimum absolute atomic E-state index is 0. The monoisotopic (exact) mass is 436 g/mol. The number of aryl methyl sites for hydroxylation is 1. The smallest absolute Gasteiger partial charge is 0.0733 e. The molecule has 2 unspecified atom stereocenters. The van der Waals surface area contributed by atoms with E-state index in [1.54, 1.807) is 11.1 Å². The average Bonchev–Trinajstić information content (AvgIpc) is 3.23. The standard InChI is InChI=1S/C24H30N2.2ClH.H2O/c1-19-8-10-21(11-9-19)24-18-22(25-14-4-5-15-25)13-17-26(24)16-12-20-6-2-3-7-23(20)24;;;/h2-3,6-11,22H,4-5,12-18H2,1H3;2*1H;1H2. The number of piperidine rings is 1. The lowest BCUT2D eigenvalue weighted by atomic mass is 9.69. The molecule has 0 saturated carbocycles. The zero-order valence-corrected chi connectivity index (χ0v) is 18.9. The Morgan fingerprint density at radius 3 is 2.28 bits per heavy atom. The fraction of sp³-hybridized carbons (Fsp3) is 0.500. The summed E-state index contributed by atoms with van der Waals surface area (Å²) in [5.41, 5.74) is 6.05. The van der Waals surface area contributed by atoms with Gasteiger partial charge in [0.2, 0.25) is 0 Å². The zero-order valence-electron chi connectivity index (χ0n) is 17.3. The van der Waals surface area contributed by atoms with E-state index in [4.69, 9.17) is 0 Å². The van der Waals surface area contributed by atoms with Crippen molar-refractivity contribution in [3.8, 4) is 0 Å². The minimum atomic E-state index is 0. The first-order valence-electron chi connectivity index (χ1n) is 10.4. The van der Waals surface area contributed by atoms with Gasteiger partial charge in [0.25, 0.3) is 0 Å². The van der Waals surface area contributed by atoms with Gasteiger partial charge in [0.1, 0.15) is 0 Å². The SMILES string of the molecule is Cc1ccc(C23CC(N4CCCC4)CCN2CCc2ccccc23)cc1.Cl.Cl.O. The van der Waals surface area contributed by atoms with Crippen LogP contribution in [0.2, 0.25) is 0 Å². The Morgan fingerprint density at radius 2 is 1.55 bits per heavy atom. The van der Waals surface area contributed by atoms with E-state index >= 15 is 0 Å². The summed E-state index contributed by atoms with van der Waals surface area (Å²) in [6, 6.07) is 19.4. The normalized spacial score (nSPS) is 26.3. The molecule has 0 bridgehead atoms. The number of hydrogen-bond acceptors (Lipinski definition) is 2. The van der Waals surface area contributed by atoms with Gasteiger partial charge < -0.3 is 10.4 Å². The molecule has 3 heterocycles. The van der Waals surface area contributed by atoms with Gasteiger partial charge in [-0.1, -0.05) is 54.1 Å². The first kappa shape index (κ1) is 24.2. The maximum Gasteiger partial charge on any atom is 0.0733 e. The van der Waals surface area contributed by atoms with Gasteiger partial charge in [-0.05, 0) is 68.8 Å². The van der Waals surface area contributed by atoms with Crippen molar-refractivity contribution in [2.24, 2.45) is 0 Å². The summed E-state index contributed by atoms with van der Waals surface area (Å²) in [7, 11) is 0. The molecular formula is C24H34Cl2N2O. The molecular weight excluding hydrogens is 403 g/mol. The fourth-order valence-electron chi connectivity index (χ4n) is 5.75. The molecule has 3 aliphatic heterocycles. The third kappa shape index (κ3) is 4.08. The van der Waals surface area contributed by atoms with Crippen molar-refractivity contribution in [3.63, 3.8) is 0 Å². The third-order valence-electron chi connectivity index (χ3n) is 7.10. The second-order valence-corrected chi connectivity index (χ2v) is 8.51. The largest absolute Gasteiger partial charge is 0.412 e. The van der Waals surface area contributed by atoms with E-state index in [1.807, 2.05) is 0 Å². The Hall–Kier alpha value is -1.10. The molecule has 29 heavy (non-hydrogen) atoms. The van der Waals surface area contributed by atoms with Crippen molar-refractivity contribution >= 4 is 24.8 Å². The Balaban J connectivity index is 0.000001000. The highest BCUT2D eigenvalue weighted by Gasteiger charge is 2.48. The van der Waals surface area contributed by atoms with E-state index in [0.29, 0.717) is 0 Å². The maximum absolute atomic E-state index is 2.80. The van der Waals surface area contributed by atoms with Gasteiger partial charge in [0, 0.05) is 19.1 Å². The molecule has 2 aromatic carbocycles. The molecule has 5 heteroatoms. The number of halogens is 2. The van der Waals surface area contributed by atoms with Gasteiger partial charge in [-0.2, -0.15) is 0 Å². The Bertz CT molecular complexity index is 792. The van der Waals surface area contributed by atoms with Crippen molar-refractivity contribution in [1.82, 2.24) is 9.80 Å². The molecule has 3 nitrogen and oxygen atoms in total. The van der Waals surface area contributed by atoms with Crippen LogP contribution in [-0.2, 0) is 12.0 Å². The maximum atomic E-state index is 2.80. The average molecular weight is 437 g/mol. The molecule has 160 valence electrons. The highest BCUT2D eigenvalue weighted by atomic mass is 35.5. The summed E-state index contributed by atoms with van der Waals surface area (Å²) in [5.74, 6) is 0. The van der Waals surface area contributed by atoms with Crippen LogP contribution in [0, 0.1) is 6.92 Å². The van der Waals surface area contributed by atoms with Gasteiger partial charge in [-0.3, -0.25) is 4.90 Å². The highest BCUT2D eigenvalue weighted by Crippen LogP contribution is 2.48. The summed E-state index contributed by atoms with van der Waals surface area (Å²) < 4.78 is 0. The van der Waals surface area contributed by atoms with E-state index in [0.717, 1.165) is 6.04 Å². The van der Waals surface area contributed by atoms with E-state index in [9.17, 15) is 0 Å². The van der Waals surface area contributed by atoms with Gasteiger partial charge in [0.15, 0.2) is 0 Å². The van der Waals surface area contributed by atoms with E-state index < -0.39 is 0 Å². The summed E-state index contributed by atoms with van der Waals surface area (Å²) in [4.78, 5) is 5.58. The van der Waals surface area contributed by atoms with Crippen LogP contribution in [0.3, 0.4) is 0 Å². The lowest BCUT2D eigenvalue weighted by Crippen LogP contribution is -2.59. The molecule has 5 rings (SSSR count). The second-order valence-electron chi connectivity index (χ2n) is 8.51. The van der Waals surface area contributed by atoms with Crippen molar-refractivity contribution in [2.75, 3.05) is 26.2 Å². The molecule has 0 amide bonds. The topological polar surface area (TPSA) is 38.0 Å². The third-order valence-corrected chi connectivity index (χ3v) is 7.10. The summed E-state index contributed by atoms with van der Waals surface area (Å²) >= 11 is 0. The number of likely N-dealkylation sites (tertiary alicyclic amines) is 1. The van der Waals surface area contributed by atoms with E-state index in [2.05, 4.69) is 65.3 Å². The zero-order chi connectivity index (χ0) is 17.6. The highest BCUT2D eigenvalue weighted by molar-refractivity contribution is 5.85. The molecule has 2 N–H and O–H groups in total. The molecule has 2 fully saturated rings. The van der Waals surface area contributed by atoms with Crippen LogP contribution in [0.15, 0.2) is 48.5 Å². The van der Waals surface area contributed by atoms with Gasteiger partial charge in [0.05, 0.1) is 5.54 Å². The van der Waals surface area contributed by atoms with Gasteiger partial charge >= 0.3 is 0 Å². The molecule has 3 aliphatic rings. The van der Waals surface area contributed by atoms with Crippen LogP contribution in [0.1, 0.15) is 47.9 Å². The molecule has 2 atom stereocenters. The lowest BCUT2D eigenvalue weighted by Gasteiger charge is -2.55. The van der Waals surface area contributed by atoms with E-state index in [-0.39, 0.29) is 35.8 Å². The lowest BCUT2D eigenvalue weighted by molar-refractivity contribution is 0.0174. The molecule has 2 aromatic rings. The van der Waals surface area contributed by atoms with Crippen molar-refractivity contribution < 1.29 is 5.48 Å². The van der Waals surface area contributed by atoms with Crippen LogP contribution in [-0.4, -0.2) is 47.5 Å². The van der Waals surface area contributed by atoms with Crippen LogP contribution < -0.4 is 0 Å².